The van der Waals surface area contributed by atoms with E-state index in [1.165, 1.54) is 0 Å². The number of aromatic nitrogens is 1. The number of nitrogens with one attached hydrogen (secondary N) is 1. The molecule has 4 aromatic rings. The van der Waals surface area contributed by atoms with Gasteiger partial charge in [0.1, 0.15) is 17.0 Å². The number of fused-ring (bicyclic) bond motifs is 1. The first-order chi connectivity index (χ1) is 13.7. The summed E-state index contributed by atoms with van der Waals surface area (Å²) in [6.07, 6.45) is 0. The average Bonchev–Trinajstić information content (AvgIpc) is 3.18. The smallest absolute Gasteiger partial charge is 0.255 e. The highest BCUT2D eigenvalue weighted by Gasteiger charge is 2.14. The molecule has 0 saturated heterocycles. The lowest BCUT2D eigenvalue weighted by Gasteiger charge is -2.11. The summed E-state index contributed by atoms with van der Waals surface area (Å²) in [5, 5.41) is 2.88. The fourth-order valence-corrected chi connectivity index (χ4v) is 2.87. The molecule has 0 aliphatic heterocycles. The zero-order chi connectivity index (χ0) is 19.5. The molecule has 4 rings (SSSR count). The van der Waals surface area contributed by atoms with E-state index in [0.29, 0.717) is 34.2 Å². The number of rotatable bonds is 5. The Morgan fingerprint density at radius 1 is 0.964 bits per heavy atom. The first-order valence-corrected chi connectivity index (χ1v) is 8.67. The minimum Gasteiger partial charge on any atom is -0.497 e. The molecule has 0 spiro atoms. The average molecular weight is 374 g/mol. The van der Waals surface area contributed by atoms with Gasteiger partial charge in [0.05, 0.1) is 19.9 Å². The topological polar surface area (TPSA) is 73.6 Å². The molecule has 1 aromatic heterocycles. The quantitative estimate of drug-likeness (QED) is 0.545. The Balaban J connectivity index is 1.65. The number of ether oxygens (including phenoxy) is 2. The zero-order valence-corrected chi connectivity index (χ0v) is 15.4. The molecule has 6 nitrogen and oxygen atoms in total. The lowest BCUT2D eigenvalue weighted by molar-refractivity contribution is 0.102. The SMILES string of the molecule is COc1ccc(C(=O)Nc2cc(-c3nc4ccccc4o3)ccc2OC)cc1. The van der Waals surface area contributed by atoms with Crippen LogP contribution >= 0.6 is 0 Å². The normalized spacial score (nSPS) is 10.6. The van der Waals surface area contributed by atoms with Crippen molar-refractivity contribution < 1.29 is 18.7 Å². The summed E-state index contributed by atoms with van der Waals surface area (Å²) in [6, 6.07) is 19.8. The minimum absolute atomic E-state index is 0.254. The van der Waals surface area contributed by atoms with Crippen LogP contribution in [0.4, 0.5) is 5.69 Å². The van der Waals surface area contributed by atoms with Crippen molar-refractivity contribution in [3.05, 3.63) is 72.3 Å². The first kappa shape index (κ1) is 17.6. The van der Waals surface area contributed by atoms with Crippen molar-refractivity contribution in [1.29, 1.82) is 0 Å². The van der Waals surface area contributed by atoms with Crippen molar-refractivity contribution in [1.82, 2.24) is 4.98 Å². The van der Waals surface area contributed by atoms with Crippen molar-refractivity contribution in [2.75, 3.05) is 19.5 Å². The monoisotopic (exact) mass is 374 g/mol. The number of para-hydroxylation sites is 2. The van der Waals surface area contributed by atoms with Crippen molar-refractivity contribution >= 4 is 22.7 Å². The molecule has 0 bridgehead atoms. The Morgan fingerprint density at radius 2 is 1.75 bits per heavy atom. The van der Waals surface area contributed by atoms with Crippen molar-refractivity contribution in [2.45, 2.75) is 0 Å². The van der Waals surface area contributed by atoms with Gasteiger partial charge in [0, 0.05) is 11.1 Å². The highest BCUT2D eigenvalue weighted by Crippen LogP contribution is 2.32. The number of benzene rings is 3. The van der Waals surface area contributed by atoms with Crippen molar-refractivity contribution in [3.63, 3.8) is 0 Å². The highest BCUT2D eigenvalue weighted by atomic mass is 16.5. The molecule has 6 heteroatoms. The maximum absolute atomic E-state index is 12.6. The molecule has 28 heavy (non-hydrogen) atoms. The maximum atomic E-state index is 12.6. The van der Waals surface area contributed by atoms with Gasteiger partial charge in [-0.3, -0.25) is 4.79 Å². The van der Waals surface area contributed by atoms with Gasteiger partial charge in [-0.15, -0.1) is 0 Å². The van der Waals surface area contributed by atoms with Crippen LogP contribution in [0.1, 0.15) is 10.4 Å². The number of anilines is 1. The number of carbonyl (C=O) groups excluding carboxylic acids is 1. The molecule has 1 N–H and O–H groups in total. The van der Waals surface area contributed by atoms with Gasteiger partial charge in [-0.2, -0.15) is 0 Å². The Hall–Kier alpha value is -3.80. The minimum atomic E-state index is -0.254. The van der Waals surface area contributed by atoms with Crippen LogP contribution in [-0.2, 0) is 0 Å². The Labute approximate surface area is 161 Å². The van der Waals surface area contributed by atoms with Gasteiger partial charge in [0.2, 0.25) is 5.89 Å². The summed E-state index contributed by atoms with van der Waals surface area (Å²) in [7, 11) is 3.13. The van der Waals surface area contributed by atoms with E-state index in [4.69, 9.17) is 13.9 Å². The molecule has 0 saturated carbocycles. The van der Waals surface area contributed by atoms with E-state index in [1.54, 1.807) is 50.6 Å². The predicted molar refractivity (Wildman–Crippen MR) is 107 cm³/mol. The fourth-order valence-electron chi connectivity index (χ4n) is 2.87. The largest absolute Gasteiger partial charge is 0.497 e. The van der Waals surface area contributed by atoms with Gasteiger partial charge in [0.15, 0.2) is 5.58 Å². The third kappa shape index (κ3) is 3.40. The van der Waals surface area contributed by atoms with Gasteiger partial charge < -0.3 is 19.2 Å². The fraction of sp³-hybridized carbons (Fsp3) is 0.0909. The number of methoxy groups -OCH3 is 2. The highest BCUT2D eigenvalue weighted by molar-refractivity contribution is 6.05. The van der Waals surface area contributed by atoms with Crippen LogP contribution in [0.5, 0.6) is 11.5 Å². The van der Waals surface area contributed by atoms with Crippen LogP contribution in [0.15, 0.2) is 71.1 Å². The summed E-state index contributed by atoms with van der Waals surface area (Å²) >= 11 is 0. The molecule has 0 radical (unpaired) electrons. The zero-order valence-electron chi connectivity index (χ0n) is 15.4. The lowest BCUT2D eigenvalue weighted by atomic mass is 10.1. The van der Waals surface area contributed by atoms with E-state index in [-0.39, 0.29) is 5.91 Å². The Kier molecular flexibility index (Phi) is 4.68. The van der Waals surface area contributed by atoms with Crippen LogP contribution in [0.25, 0.3) is 22.6 Å². The molecular formula is C22H18N2O4. The Bertz CT molecular complexity index is 1100. The molecule has 0 fully saturated rings. The van der Waals surface area contributed by atoms with Crippen LogP contribution in [0.3, 0.4) is 0 Å². The van der Waals surface area contributed by atoms with E-state index >= 15 is 0 Å². The van der Waals surface area contributed by atoms with E-state index in [1.807, 2.05) is 30.3 Å². The third-order valence-corrected chi connectivity index (χ3v) is 4.34. The van der Waals surface area contributed by atoms with Gasteiger partial charge >= 0.3 is 0 Å². The van der Waals surface area contributed by atoms with Crippen LogP contribution in [0.2, 0.25) is 0 Å². The standard InChI is InChI=1S/C22H18N2O4/c1-26-16-10-7-14(8-11-16)21(25)23-18-13-15(9-12-19(18)27-2)22-24-17-5-3-4-6-20(17)28-22/h3-13H,1-2H3,(H,23,25). The van der Waals surface area contributed by atoms with Crippen LogP contribution in [-0.4, -0.2) is 25.1 Å². The van der Waals surface area contributed by atoms with Crippen LogP contribution < -0.4 is 14.8 Å². The molecule has 1 amide bonds. The molecule has 140 valence electrons. The third-order valence-electron chi connectivity index (χ3n) is 4.34. The second-order valence-electron chi connectivity index (χ2n) is 6.08. The Morgan fingerprint density at radius 3 is 2.46 bits per heavy atom. The lowest BCUT2D eigenvalue weighted by Crippen LogP contribution is -2.12. The van der Waals surface area contributed by atoms with Crippen molar-refractivity contribution in [2.24, 2.45) is 0 Å². The summed E-state index contributed by atoms with van der Waals surface area (Å²) < 4.78 is 16.3. The maximum Gasteiger partial charge on any atom is 0.255 e. The summed E-state index contributed by atoms with van der Waals surface area (Å²) in [5.74, 6) is 1.45. The number of amides is 1. The van der Waals surface area contributed by atoms with Gasteiger partial charge in [-0.25, -0.2) is 4.98 Å². The van der Waals surface area contributed by atoms with Crippen molar-refractivity contribution in [3.8, 4) is 23.0 Å². The van der Waals surface area contributed by atoms with E-state index in [9.17, 15) is 4.79 Å². The number of hydrogen-bond donors (Lipinski definition) is 1. The summed E-state index contributed by atoms with van der Waals surface area (Å²) in [5.41, 5.74) is 3.26. The first-order valence-electron chi connectivity index (χ1n) is 8.67. The van der Waals surface area contributed by atoms with E-state index in [2.05, 4.69) is 10.3 Å². The van der Waals surface area contributed by atoms with Gasteiger partial charge in [-0.1, -0.05) is 12.1 Å². The summed E-state index contributed by atoms with van der Waals surface area (Å²) in [6.45, 7) is 0. The molecule has 0 aliphatic rings. The number of carbonyl (C=O) groups is 1. The molecule has 0 aliphatic carbocycles. The molecule has 0 atom stereocenters. The molecule has 0 unspecified atom stereocenters. The predicted octanol–water partition coefficient (Wildman–Crippen LogP) is 4.76. The number of nitrogens with zero attached hydrogens (tertiary/aromatic N) is 1. The molecule has 1 heterocycles. The number of oxazole rings is 1. The molecular weight excluding hydrogens is 356 g/mol. The van der Waals surface area contributed by atoms with Gasteiger partial charge in [-0.05, 0) is 54.6 Å². The van der Waals surface area contributed by atoms with Gasteiger partial charge in [0.25, 0.3) is 5.91 Å². The summed E-state index contributed by atoms with van der Waals surface area (Å²) in [4.78, 5) is 17.1. The molecule has 3 aromatic carbocycles. The van der Waals surface area contributed by atoms with E-state index in [0.717, 1.165) is 11.1 Å². The number of hydrogen-bond acceptors (Lipinski definition) is 5. The van der Waals surface area contributed by atoms with Crippen LogP contribution in [0, 0.1) is 0 Å². The van der Waals surface area contributed by atoms with E-state index < -0.39 is 0 Å². The second kappa shape index (κ2) is 7.44. The second-order valence-corrected chi connectivity index (χ2v) is 6.08.